The number of benzene rings is 1. The molecule has 0 aliphatic carbocycles. The molecule has 0 fully saturated rings. The van der Waals surface area contributed by atoms with Crippen LogP contribution >= 0.6 is 20.8 Å². The van der Waals surface area contributed by atoms with E-state index < -0.39 is 28.7 Å². The van der Waals surface area contributed by atoms with E-state index in [9.17, 15) is 22.8 Å². The first-order valence-corrected chi connectivity index (χ1v) is 10.2. The Morgan fingerprint density at radius 3 is 2.55 bits per heavy atom. The number of hydrogen-bond acceptors (Lipinski definition) is 7. The zero-order valence-corrected chi connectivity index (χ0v) is 18.7. The molecule has 0 amide bonds. The molecule has 3 aromatic rings. The molecule has 0 saturated heterocycles. The average molecular weight is 500 g/mol. The molecule has 0 spiro atoms. The fourth-order valence-electron chi connectivity index (χ4n) is 2.77. The molecule has 1 aromatic carbocycles. The van der Waals surface area contributed by atoms with Gasteiger partial charge in [-0.2, -0.15) is 23.5 Å². The van der Waals surface area contributed by atoms with Crippen LogP contribution in [0.15, 0.2) is 40.2 Å². The molecule has 3 rings (SSSR count). The van der Waals surface area contributed by atoms with Crippen molar-refractivity contribution in [2.24, 2.45) is 0 Å². The van der Waals surface area contributed by atoms with Crippen molar-refractivity contribution in [3.63, 3.8) is 0 Å². The van der Waals surface area contributed by atoms with Gasteiger partial charge in [0.25, 0.3) is 5.56 Å². The minimum Gasteiger partial charge on any atom is -0.491 e. The molecule has 9 nitrogen and oxygen atoms in total. The van der Waals surface area contributed by atoms with Gasteiger partial charge in [0.2, 0.25) is 5.75 Å². The summed E-state index contributed by atoms with van der Waals surface area (Å²) in [5, 5.41) is 13.1. The Labute approximate surface area is 191 Å². The SMILES string of the molecule is COc1cc(Cn2cnc(C(F)(F)F)c(Oc3cc(Cl)cc(C#N)c3)c2=O)nn(CP)c1=O. The number of aromatic nitrogens is 4. The number of hydrogen-bond donors (Lipinski definition) is 0. The molecule has 33 heavy (non-hydrogen) atoms. The summed E-state index contributed by atoms with van der Waals surface area (Å²) in [6.45, 7) is -0.333. The van der Waals surface area contributed by atoms with Gasteiger partial charge in [-0.1, -0.05) is 11.6 Å². The molecule has 1 unspecified atom stereocenters. The van der Waals surface area contributed by atoms with Crippen molar-refractivity contribution < 1.29 is 22.6 Å². The predicted octanol–water partition coefficient (Wildman–Crippen LogP) is 3.03. The Balaban J connectivity index is 2.12. The summed E-state index contributed by atoms with van der Waals surface area (Å²) in [5.74, 6) is -1.42. The van der Waals surface area contributed by atoms with Gasteiger partial charge in [0.05, 0.1) is 43.6 Å². The maximum absolute atomic E-state index is 13.5. The van der Waals surface area contributed by atoms with E-state index in [1.807, 2.05) is 0 Å². The van der Waals surface area contributed by atoms with E-state index in [2.05, 4.69) is 19.3 Å². The molecule has 0 saturated carbocycles. The maximum Gasteiger partial charge on any atom is 0.437 e. The molecule has 0 aliphatic rings. The molecular weight excluding hydrogens is 486 g/mol. The third kappa shape index (κ3) is 5.32. The van der Waals surface area contributed by atoms with Crippen LogP contribution < -0.4 is 20.6 Å². The minimum atomic E-state index is -5.00. The van der Waals surface area contributed by atoms with Gasteiger partial charge in [0.15, 0.2) is 11.4 Å². The number of rotatable bonds is 6. The van der Waals surface area contributed by atoms with E-state index in [-0.39, 0.29) is 40.6 Å². The maximum atomic E-state index is 13.5. The van der Waals surface area contributed by atoms with Gasteiger partial charge in [0.1, 0.15) is 5.75 Å². The number of nitrogens with zero attached hydrogens (tertiary/aromatic N) is 5. The largest absolute Gasteiger partial charge is 0.491 e. The first-order chi connectivity index (χ1) is 15.6. The van der Waals surface area contributed by atoms with Crippen LogP contribution in [0.4, 0.5) is 13.2 Å². The zero-order valence-electron chi connectivity index (χ0n) is 16.8. The third-order valence-electron chi connectivity index (χ3n) is 4.20. The smallest absolute Gasteiger partial charge is 0.437 e. The van der Waals surface area contributed by atoms with E-state index in [0.717, 1.165) is 21.4 Å². The Hall–Kier alpha value is -3.42. The van der Waals surface area contributed by atoms with Crippen molar-refractivity contribution in [2.75, 3.05) is 7.11 Å². The summed E-state index contributed by atoms with van der Waals surface area (Å²) < 4.78 is 52.7. The van der Waals surface area contributed by atoms with E-state index in [1.165, 1.54) is 19.2 Å². The van der Waals surface area contributed by atoms with Gasteiger partial charge in [0, 0.05) is 11.1 Å². The summed E-state index contributed by atoms with van der Waals surface area (Å²) in [6, 6.07) is 6.61. The number of ether oxygens (including phenoxy) is 2. The second-order valence-electron chi connectivity index (χ2n) is 6.43. The van der Waals surface area contributed by atoms with Crippen LogP contribution in [0.1, 0.15) is 17.0 Å². The summed E-state index contributed by atoms with van der Waals surface area (Å²) in [6.07, 6.45) is -4.19. The lowest BCUT2D eigenvalue weighted by Crippen LogP contribution is -2.29. The molecule has 0 radical (unpaired) electrons. The van der Waals surface area contributed by atoms with Gasteiger partial charge in [-0.15, -0.1) is 9.24 Å². The highest BCUT2D eigenvalue weighted by atomic mass is 35.5. The fourth-order valence-corrected chi connectivity index (χ4v) is 3.24. The van der Waals surface area contributed by atoms with E-state index in [1.54, 1.807) is 6.07 Å². The fraction of sp³-hybridized carbons (Fsp3) is 0.211. The number of nitriles is 1. The molecule has 14 heteroatoms. The van der Waals surface area contributed by atoms with Crippen molar-refractivity contribution in [3.05, 3.63) is 73.3 Å². The molecule has 0 bridgehead atoms. The van der Waals surface area contributed by atoms with Crippen LogP contribution in [-0.2, 0) is 19.0 Å². The monoisotopic (exact) mass is 499 g/mol. The molecular formula is C19H14ClF3N5O4P. The van der Waals surface area contributed by atoms with Crippen molar-refractivity contribution in [2.45, 2.75) is 19.0 Å². The highest BCUT2D eigenvalue weighted by Crippen LogP contribution is 2.35. The molecule has 0 N–H and O–H groups in total. The van der Waals surface area contributed by atoms with E-state index in [4.69, 9.17) is 26.3 Å². The first-order valence-electron chi connectivity index (χ1n) is 8.97. The van der Waals surface area contributed by atoms with Gasteiger partial charge in [-0.25, -0.2) is 9.67 Å². The predicted molar refractivity (Wildman–Crippen MR) is 114 cm³/mol. The Morgan fingerprint density at radius 1 is 1.21 bits per heavy atom. The van der Waals surface area contributed by atoms with Crippen molar-refractivity contribution in [3.8, 4) is 23.3 Å². The lowest BCUT2D eigenvalue weighted by Gasteiger charge is -2.15. The second-order valence-corrected chi connectivity index (χ2v) is 7.24. The summed E-state index contributed by atoms with van der Waals surface area (Å²) in [7, 11) is 3.57. The summed E-state index contributed by atoms with van der Waals surface area (Å²) in [4.78, 5) is 28.4. The third-order valence-corrected chi connectivity index (χ3v) is 4.77. The van der Waals surface area contributed by atoms with Crippen LogP contribution in [0.2, 0.25) is 5.02 Å². The van der Waals surface area contributed by atoms with Crippen molar-refractivity contribution >= 4 is 20.8 Å². The Morgan fingerprint density at radius 2 is 1.94 bits per heavy atom. The molecule has 2 heterocycles. The van der Waals surface area contributed by atoms with Gasteiger partial charge in [-0.3, -0.25) is 14.2 Å². The second kappa shape index (κ2) is 9.60. The van der Waals surface area contributed by atoms with Crippen LogP contribution in [0.5, 0.6) is 17.2 Å². The normalized spacial score (nSPS) is 11.2. The molecule has 1 atom stereocenters. The van der Waals surface area contributed by atoms with Crippen LogP contribution in [0.25, 0.3) is 0 Å². The first kappa shape index (κ1) is 24.2. The van der Waals surface area contributed by atoms with Crippen LogP contribution in [-0.4, -0.2) is 26.4 Å². The van der Waals surface area contributed by atoms with Gasteiger partial charge < -0.3 is 9.47 Å². The lowest BCUT2D eigenvalue weighted by atomic mass is 10.2. The van der Waals surface area contributed by atoms with E-state index in [0.29, 0.717) is 6.33 Å². The molecule has 2 aromatic heterocycles. The van der Waals surface area contributed by atoms with E-state index >= 15 is 0 Å². The van der Waals surface area contributed by atoms with Gasteiger partial charge >= 0.3 is 11.7 Å². The molecule has 172 valence electrons. The lowest BCUT2D eigenvalue weighted by molar-refractivity contribution is -0.142. The highest BCUT2D eigenvalue weighted by molar-refractivity contribution is 7.15. The summed E-state index contributed by atoms with van der Waals surface area (Å²) in [5.41, 5.74) is -3.07. The molecule has 0 aliphatic heterocycles. The topological polar surface area (TPSA) is 112 Å². The quantitative estimate of drug-likeness (QED) is 0.479. The van der Waals surface area contributed by atoms with Gasteiger partial charge in [-0.05, 0) is 18.2 Å². The standard InChI is InChI=1S/C19H14ClF3N5O4P/c1-31-14-5-12(26-28(9-33)17(14)29)7-27-8-25-16(19(21,22)23)15(18(27)30)32-13-3-10(6-24)2-11(20)4-13/h2-5,8H,7,9,33H2,1H3. The number of halogens is 4. The van der Waals surface area contributed by atoms with Crippen molar-refractivity contribution in [1.82, 2.24) is 19.3 Å². The van der Waals surface area contributed by atoms with Crippen molar-refractivity contribution in [1.29, 1.82) is 5.26 Å². The number of alkyl halides is 3. The summed E-state index contributed by atoms with van der Waals surface area (Å²) >= 11 is 5.87. The Kier molecular flexibility index (Phi) is 7.05. The van der Waals surface area contributed by atoms with Crippen LogP contribution in [0.3, 0.4) is 0 Å². The zero-order chi connectivity index (χ0) is 24.3. The average Bonchev–Trinajstić information content (AvgIpc) is 2.76. The minimum absolute atomic E-state index is 0.0197. The Bertz CT molecular complexity index is 1340. The number of methoxy groups -OCH3 is 1. The highest BCUT2D eigenvalue weighted by Gasteiger charge is 2.38. The van der Waals surface area contributed by atoms with Crippen LogP contribution in [0, 0.1) is 11.3 Å².